The lowest BCUT2D eigenvalue weighted by molar-refractivity contribution is 0.00578. The molecule has 2 aromatic rings. The Bertz CT molecular complexity index is 670. The maximum atomic E-state index is 12.4. The fraction of sp³-hybridized carbons (Fsp3) is 0.600. The third-order valence-electron chi connectivity index (χ3n) is 4.57. The maximum Gasteiger partial charge on any atom is 0.494 e. The van der Waals surface area contributed by atoms with E-state index in [0.29, 0.717) is 13.0 Å². The average Bonchev–Trinajstić information content (AvgIpc) is 2.94. The van der Waals surface area contributed by atoms with Crippen LogP contribution in [0.25, 0.3) is 11.0 Å². The van der Waals surface area contributed by atoms with Crippen molar-refractivity contribution in [2.75, 3.05) is 6.67 Å². The summed E-state index contributed by atoms with van der Waals surface area (Å²) in [6, 6.07) is 5.81. The zero-order valence-corrected chi connectivity index (χ0v) is 13.5. The minimum Gasteiger partial charge on any atom is -0.399 e. The van der Waals surface area contributed by atoms with Gasteiger partial charge in [0.15, 0.2) is 0 Å². The smallest absolute Gasteiger partial charge is 0.399 e. The van der Waals surface area contributed by atoms with E-state index in [4.69, 9.17) is 9.31 Å². The molecule has 118 valence electrons. The average molecular weight is 305 g/mol. The summed E-state index contributed by atoms with van der Waals surface area (Å²) in [5, 5.41) is 8.18. The summed E-state index contributed by atoms with van der Waals surface area (Å²) in [7, 11) is -0.418. The van der Waals surface area contributed by atoms with E-state index in [-0.39, 0.29) is 17.9 Å². The third kappa shape index (κ3) is 2.52. The Balaban J connectivity index is 1.92. The minimum atomic E-state index is -0.418. The lowest BCUT2D eigenvalue weighted by atomic mass is 9.79. The van der Waals surface area contributed by atoms with Crippen LogP contribution in [0, 0.1) is 0 Å². The zero-order chi connectivity index (χ0) is 16.0. The minimum absolute atomic E-state index is 0.363. The first-order valence-electron chi connectivity index (χ1n) is 7.59. The lowest BCUT2D eigenvalue weighted by Crippen LogP contribution is -2.41. The van der Waals surface area contributed by atoms with Gasteiger partial charge in [-0.1, -0.05) is 11.3 Å². The van der Waals surface area contributed by atoms with Gasteiger partial charge in [0.25, 0.3) is 0 Å². The molecule has 22 heavy (non-hydrogen) atoms. The van der Waals surface area contributed by atoms with Crippen molar-refractivity contribution in [1.82, 2.24) is 15.0 Å². The van der Waals surface area contributed by atoms with Crippen molar-refractivity contribution in [1.29, 1.82) is 0 Å². The van der Waals surface area contributed by atoms with Crippen LogP contribution in [-0.4, -0.2) is 40.0 Å². The lowest BCUT2D eigenvalue weighted by Gasteiger charge is -2.32. The van der Waals surface area contributed by atoms with Crippen LogP contribution < -0.4 is 5.46 Å². The first-order chi connectivity index (χ1) is 10.3. The quantitative estimate of drug-likeness (QED) is 0.812. The zero-order valence-electron chi connectivity index (χ0n) is 13.5. The molecule has 0 radical (unpaired) electrons. The number of hydrogen-bond acceptors (Lipinski definition) is 4. The van der Waals surface area contributed by atoms with Crippen molar-refractivity contribution in [3.8, 4) is 0 Å². The summed E-state index contributed by atoms with van der Waals surface area (Å²) in [5.41, 5.74) is 1.84. The molecule has 3 rings (SSSR count). The highest BCUT2D eigenvalue weighted by molar-refractivity contribution is 6.62. The van der Waals surface area contributed by atoms with Crippen molar-refractivity contribution in [2.45, 2.75) is 51.9 Å². The molecule has 0 bridgehead atoms. The SMILES string of the molecule is CC1(C)OB(c2ccc3nnn(CCCF)c3c2)OC1(C)C. The molecule has 7 heteroatoms. The summed E-state index contributed by atoms with van der Waals surface area (Å²) >= 11 is 0. The fourth-order valence-electron chi connectivity index (χ4n) is 2.48. The molecule has 1 saturated heterocycles. The molecule has 0 atom stereocenters. The number of benzene rings is 1. The molecule has 5 nitrogen and oxygen atoms in total. The van der Waals surface area contributed by atoms with E-state index in [1.807, 2.05) is 45.9 Å². The molecular weight excluding hydrogens is 284 g/mol. The van der Waals surface area contributed by atoms with Crippen LogP contribution >= 0.6 is 0 Å². The van der Waals surface area contributed by atoms with Crippen LogP contribution in [0.4, 0.5) is 4.39 Å². The molecule has 0 N–H and O–H groups in total. The maximum absolute atomic E-state index is 12.4. The first-order valence-corrected chi connectivity index (χ1v) is 7.59. The van der Waals surface area contributed by atoms with Crippen molar-refractivity contribution in [2.24, 2.45) is 0 Å². The number of rotatable bonds is 4. The number of aryl methyl sites for hydroxylation is 1. The molecule has 0 amide bonds. The van der Waals surface area contributed by atoms with Gasteiger partial charge >= 0.3 is 7.12 Å². The topological polar surface area (TPSA) is 49.2 Å². The van der Waals surface area contributed by atoms with Gasteiger partial charge in [-0.05, 0) is 51.7 Å². The van der Waals surface area contributed by atoms with Crippen LogP contribution in [0.15, 0.2) is 18.2 Å². The van der Waals surface area contributed by atoms with Crippen molar-refractivity contribution in [3.05, 3.63) is 18.2 Å². The summed E-state index contributed by atoms with van der Waals surface area (Å²) in [6.07, 6.45) is 0.430. The fourth-order valence-corrected chi connectivity index (χ4v) is 2.48. The van der Waals surface area contributed by atoms with Gasteiger partial charge in [-0.25, -0.2) is 4.68 Å². The molecule has 0 aliphatic carbocycles. The second kappa shape index (κ2) is 5.31. The Morgan fingerprint density at radius 3 is 2.50 bits per heavy atom. The van der Waals surface area contributed by atoms with Gasteiger partial charge in [-0.2, -0.15) is 0 Å². The molecule has 2 heterocycles. The van der Waals surface area contributed by atoms with Gasteiger partial charge in [-0.15, -0.1) is 5.10 Å². The van der Waals surface area contributed by atoms with E-state index in [2.05, 4.69) is 10.3 Å². The number of halogens is 1. The highest BCUT2D eigenvalue weighted by atomic mass is 19.1. The van der Waals surface area contributed by atoms with Gasteiger partial charge in [-0.3, -0.25) is 4.39 Å². The molecule has 1 aliphatic heterocycles. The Hall–Kier alpha value is -1.47. The Kier molecular flexibility index (Phi) is 3.73. The van der Waals surface area contributed by atoms with E-state index < -0.39 is 7.12 Å². The van der Waals surface area contributed by atoms with Crippen LogP contribution in [0.5, 0.6) is 0 Å². The highest BCUT2D eigenvalue weighted by Crippen LogP contribution is 2.36. The molecule has 0 saturated carbocycles. The number of alkyl halides is 1. The monoisotopic (exact) mass is 305 g/mol. The van der Waals surface area contributed by atoms with Crippen molar-refractivity contribution >= 4 is 23.6 Å². The highest BCUT2D eigenvalue weighted by Gasteiger charge is 2.51. The van der Waals surface area contributed by atoms with Gasteiger partial charge in [0.1, 0.15) is 5.52 Å². The molecule has 1 fully saturated rings. The second-order valence-corrected chi connectivity index (χ2v) is 6.69. The van der Waals surface area contributed by atoms with Crippen LogP contribution in [-0.2, 0) is 15.9 Å². The van der Waals surface area contributed by atoms with Crippen molar-refractivity contribution in [3.63, 3.8) is 0 Å². The molecule has 1 aliphatic rings. The second-order valence-electron chi connectivity index (χ2n) is 6.69. The molecule has 1 aromatic heterocycles. The van der Waals surface area contributed by atoms with Crippen LogP contribution in [0.1, 0.15) is 34.1 Å². The first kappa shape index (κ1) is 15.4. The number of hydrogen-bond donors (Lipinski definition) is 0. The van der Waals surface area contributed by atoms with Gasteiger partial charge in [0.2, 0.25) is 0 Å². The van der Waals surface area contributed by atoms with Crippen molar-refractivity contribution < 1.29 is 13.7 Å². The molecule has 0 unspecified atom stereocenters. The van der Waals surface area contributed by atoms with Crippen LogP contribution in [0.3, 0.4) is 0 Å². The van der Waals surface area contributed by atoms with E-state index in [1.165, 1.54) is 0 Å². The summed E-state index contributed by atoms with van der Waals surface area (Å²) in [4.78, 5) is 0. The normalized spacial score (nSPS) is 20.0. The Morgan fingerprint density at radius 1 is 1.18 bits per heavy atom. The van der Waals surface area contributed by atoms with E-state index >= 15 is 0 Å². The van der Waals surface area contributed by atoms with Crippen LogP contribution in [0.2, 0.25) is 0 Å². The molecule has 1 aromatic carbocycles. The predicted octanol–water partition coefficient (Wildman–Crippen LogP) is 2.09. The largest absolute Gasteiger partial charge is 0.494 e. The Labute approximate surface area is 129 Å². The number of nitrogens with zero attached hydrogens (tertiary/aromatic N) is 3. The predicted molar refractivity (Wildman–Crippen MR) is 83.8 cm³/mol. The van der Waals surface area contributed by atoms with E-state index in [1.54, 1.807) is 4.68 Å². The van der Waals surface area contributed by atoms with E-state index in [9.17, 15) is 4.39 Å². The van der Waals surface area contributed by atoms with Gasteiger partial charge in [0.05, 0.1) is 23.4 Å². The summed E-state index contributed by atoms with van der Waals surface area (Å²) < 4.78 is 26.2. The van der Waals surface area contributed by atoms with Gasteiger partial charge in [0, 0.05) is 6.54 Å². The molecule has 0 spiro atoms. The van der Waals surface area contributed by atoms with E-state index in [0.717, 1.165) is 16.5 Å². The summed E-state index contributed by atoms with van der Waals surface area (Å²) in [6.45, 7) is 8.26. The Morgan fingerprint density at radius 2 is 1.86 bits per heavy atom. The number of fused-ring (bicyclic) bond motifs is 1. The van der Waals surface area contributed by atoms with Gasteiger partial charge < -0.3 is 9.31 Å². The number of aromatic nitrogens is 3. The molecular formula is C15H21BFN3O2. The standard InChI is InChI=1S/C15H21BFN3O2/c1-14(2)15(3,4)22-16(21-14)11-6-7-12-13(10-11)20(19-18-12)9-5-8-17/h6-7,10H,5,8-9H2,1-4H3. The summed E-state index contributed by atoms with van der Waals surface area (Å²) in [5.74, 6) is 0. The third-order valence-corrected chi connectivity index (χ3v) is 4.57.